The number of carboxylic acid groups (broad SMARTS) is 2. The second-order valence-corrected chi connectivity index (χ2v) is 4.84. The lowest BCUT2D eigenvalue weighted by Crippen LogP contribution is -2.01. The molecular weight excluding hydrogens is 302 g/mol. The van der Waals surface area contributed by atoms with Crippen LogP contribution in [0.3, 0.4) is 0 Å². The lowest BCUT2D eigenvalue weighted by Gasteiger charge is -2.02. The molecule has 0 unspecified atom stereocenters. The van der Waals surface area contributed by atoms with Gasteiger partial charge in [0.2, 0.25) is 0 Å². The zero-order valence-corrected chi connectivity index (χ0v) is 11.0. The molecule has 1 aromatic carbocycles. The van der Waals surface area contributed by atoms with Crippen LogP contribution < -0.4 is 0 Å². The number of aliphatic carboxylic acids is 1. The molecule has 0 atom stereocenters. The summed E-state index contributed by atoms with van der Waals surface area (Å²) in [6.45, 7) is 1.67. The first kappa shape index (κ1) is 12.6. The highest BCUT2D eigenvalue weighted by molar-refractivity contribution is 9.10. The number of aromatic carboxylic acids is 1. The van der Waals surface area contributed by atoms with Crippen molar-refractivity contribution in [3.8, 4) is 0 Å². The number of H-pyrrole nitrogens is 1. The number of fused-ring (bicyclic) bond motifs is 1. The molecule has 94 valence electrons. The lowest BCUT2D eigenvalue weighted by molar-refractivity contribution is -0.136. The van der Waals surface area contributed by atoms with E-state index < -0.39 is 11.9 Å². The third-order valence-electron chi connectivity index (χ3n) is 2.71. The van der Waals surface area contributed by atoms with Gasteiger partial charge < -0.3 is 15.2 Å². The minimum absolute atomic E-state index is 0.153. The standard InChI is InChI=1S/C12H10BrNO4/c1-5-11(12(17)18)7-2-6(3-10(15)16)8(13)4-9(7)14-5/h2,4,14H,3H2,1H3,(H,15,16)(H,17,18). The molecule has 6 heteroatoms. The zero-order chi connectivity index (χ0) is 13.4. The molecule has 2 aromatic rings. The molecule has 0 aliphatic carbocycles. The molecule has 3 N–H and O–H groups in total. The molecule has 0 fully saturated rings. The Hall–Kier alpha value is -1.82. The van der Waals surface area contributed by atoms with Crippen LogP contribution in [0.4, 0.5) is 0 Å². The molecule has 0 bridgehead atoms. The fourth-order valence-electron chi connectivity index (χ4n) is 1.97. The van der Waals surface area contributed by atoms with Gasteiger partial charge in [0.25, 0.3) is 0 Å². The summed E-state index contributed by atoms with van der Waals surface area (Å²) in [7, 11) is 0. The van der Waals surface area contributed by atoms with E-state index in [1.807, 2.05) is 0 Å². The quantitative estimate of drug-likeness (QED) is 0.812. The first-order valence-electron chi connectivity index (χ1n) is 5.16. The highest BCUT2D eigenvalue weighted by Gasteiger charge is 2.17. The van der Waals surface area contributed by atoms with Crippen molar-refractivity contribution in [2.45, 2.75) is 13.3 Å². The largest absolute Gasteiger partial charge is 0.481 e. The summed E-state index contributed by atoms with van der Waals surface area (Å²) in [5.74, 6) is -1.98. The monoisotopic (exact) mass is 311 g/mol. The van der Waals surface area contributed by atoms with Crippen LogP contribution in [0.1, 0.15) is 21.6 Å². The minimum atomic E-state index is -1.03. The summed E-state index contributed by atoms with van der Waals surface area (Å²) < 4.78 is 0.649. The number of carbonyl (C=O) groups is 2. The highest BCUT2D eigenvalue weighted by atomic mass is 79.9. The van der Waals surface area contributed by atoms with Crippen LogP contribution in [-0.4, -0.2) is 27.1 Å². The van der Waals surface area contributed by atoms with Gasteiger partial charge >= 0.3 is 11.9 Å². The van der Waals surface area contributed by atoms with Crippen LogP contribution in [0.25, 0.3) is 10.9 Å². The van der Waals surface area contributed by atoms with Crippen molar-refractivity contribution in [1.29, 1.82) is 0 Å². The Labute approximate surface area is 111 Å². The molecule has 0 aliphatic rings. The maximum Gasteiger partial charge on any atom is 0.338 e. The second-order valence-electron chi connectivity index (χ2n) is 3.99. The number of rotatable bonds is 3. The Bertz CT molecular complexity index is 660. The fraction of sp³-hybridized carbons (Fsp3) is 0.167. The molecule has 5 nitrogen and oxygen atoms in total. The van der Waals surface area contributed by atoms with Gasteiger partial charge in [0.15, 0.2) is 0 Å². The second kappa shape index (κ2) is 4.45. The van der Waals surface area contributed by atoms with Crippen molar-refractivity contribution in [1.82, 2.24) is 4.98 Å². The number of hydrogen-bond acceptors (Lipinski definition) is 2. The molecule has 2 rings (SSSR count). The molecule has 0 saturated heterocycles. The molecule has 0 spiro atoms. The number of nitrogens with one attached hydrogen (secondary N) is 1. The van der Waals surface area contributed by atoms with Crippen molar-refractivity contribution >= 4 is 38.8 Å². The molecule has 0 aliphatic heterocycles. The Balaban J connectivity index is 2.70. The van der Waals surface area contributed by atoms with Crippen molar-refractivity contribution in [2.24, 2.45) is 0 Å². The van der Waals surface area contributed by atoms with E-state index in [0.29, 0.717) is 26.6 Å². The van der Waals surface area contributed by atoms with Crippen LogP contribution in [0.15, 0.2) is 16.6 Å². The molecule has 0 radical (unpaired) electrons. The predicted molar refractivity (Wildman–Crippen MR) is 69.0 cm³/mol. The van der Waals surface area contributed by atoms with Crippen molar-refractivity contribution < 1.29 is 19.8 Å². The van der Waals surface area contributed by atoms with Crippen molar-refractivity contribution in [3.05, 3.63) is 33.4 Å². The van der Waals surface area contributed by atoms with E-state index in [-0.39, 0.29) is 12.0 Å². The minimum Gasteiger partial charge on any atom is -0.481 e. The van der Waals surface area contributed by atoms with E-state index in [1.54, 1.807) is 19.1 Å². The number of hydrogen-bond donors (Lipinski definition) is 3. The smallest absolute Gasteiger partial charge is 0.338 e. The van der Waals surface area contributed by atoms with Crippen molar-refractivity contribution in [2.75, 3.05) is 0 Å². The maximum absolute atomic E-state index is 11.2. The van der Waals surface area contributed by atoms with Crippen LogP contribution in [0.2, 0.25) is 0 Å². The summed E-state index contributed by atoms with van der Waals surface area (Å²) in [5, 5.41) is 18.5. The topological polar surface area (TPSA) is 90.4 Å². The van der Waals surface area contributed by atoms with Gasteiger partial charge in [-0.3, -0.25) is 4.79 Å². The predicted octanol–water partition coefficient (Wildman–Crippen LogP) is 2.56. The lowest BCUT2D eigenvalue weighted by atomic mass is 10.1. The van der Waals surface area contributed by atoms with Gasteiger partial charge in [-0.05, 0) is 24.6 Å². The fourth-order valence-corrected chi connectivity index (χ4v) is 2.45. The van der Waals surface area contributed by atoms with Gasteiger partial charge in [-0.2, -0.15) is 0 Å². The summed E-state index contributed by atoms with van der Waals surface area (Å²) >= 11 is 3.29. The van der Waals surface area contributed by atoms with E-state index in [2.05, 4.69) is 20.9 Å². The van der Waals surface area contributed by atoms with Gasteiger partial charge in [0.1, 0.15) is 0 Å². The molecule has 1 heterocycles. The normalized spacial score (nSPS) is 10.8. The number of carboxylic acids is 2. The average molecular weight is 312 g/mol. The Morgan fingerprint density at radius 3 is 2.56 bits per heavy atom. The molecule has 0 amide bonds. The summed E-state index contributed by atoms with van der Waals surface area (Å²) in [4.78, 5) is 24.9. The molecular formula is C12H10BrNO4. The Kier molecular flexibility index (Phi) is 3.13. The number of aromatic nitrogens is 1. The van der Waals surface area contributed by atoms with Crippen LogP contribution in [-0.2, 0) is 11.2 Å². The molecule has 18 heavy (non-hydrogen) atoms. The third-order valence-corrected chi connectivity index (χ3v) is 3.45. The highest BCUT2D eigenvalue weighted by Crippen LogP contribution is 2.28. The zero-order valence-electron chi connectivity index (χ0n) is 9.45. The van der Waals surface area contributed by atoms with E-state index >= 15 is 0 Å². The maximum atomic E-state index is 11.2. The van der Waals surface area contributed by atoms with E-state index in [0.717, 1.165) is 0 Å². The Morgan fingerprint density at radius 2 is 2.00 bits per heavy atom. The number of aryl methyl sites for hydroxylation is 1. The van der Waals surface area contributed by atoms with Crippen LogP contribution in [0, 0.1) is 6.92 Å². The van der Waals surface area contributed by atoms with Gasteiger partial charge in [0, 0.05) is 21.1 Å². The van der Waals surface area contributed by atoms with Gasteiger partial charge in [0.05, 0.1) is 12.0 Å². The van der Waals surface area contributed by atoms with E-state index in [4.69, 9.17) is 10.2 Å². The third kappa shape index (κ3) is 2.11. The molecule has 0 saturated carbocycles. The Morgan fingerprint density at radius 1 is 1.33 bits per heavy atom. The van der Waals surface area contributed by atoms with Gasteiger partial charge in [-0.25, -0.2) is 4.79 Å². The van der Waals surface area contributed by atoms with Gasteiger partial charge in [-0.1, -0.05) is 15.9 Å². The SMILES string of the molecule is Cc1[nH]c2cc(Br)c(CC(=O)O)cc2c1C(=O)O. The van der Waals surface area contributed by atoms with E-state index in [1.165, 1.54) is 0 Å². The average Bonchev–Trinajstić information content (AvgIpc) is 2.53. The molecule has 1 aromatic heterocycles. The first-order valence-corrected chi connectivity index (χ1v) is 5.95. The summed E-state index contributed by atoms with van der Waals surface area (Å²) in [6.07, 6.45) is -0.153. The number of aromatic amines is 1. The summed E-state index contributed by atoms with van der Waals surface area (Å²) in [5.41, 5.74) is 1.96. The first-order chi connectivity index (χ1) is 8.40. The van der Waals surface area contributed by atoms with E-state index in [9.17, 15) is 9.59 Å². The van der Waals surface area contributed by atoms with Crippen LogP contribution >= 0.6 is 15.9 Å². The number of halogens is 1. The van der Waals surface area contributed by atoms with Crippen LogP contribution in [0.5, 0.6) is 0 Å². The number of benzene rings is 1. The van der Waals surface area contributed by atoms with Gasteiger partial charge in [-0.15, -0.1) is 0 Å². The van der Waals surface area contributed by atoms with Crippen molar-refractivity contribution in [3.63, 3.8) is 0 Å². The summed E-state index contributed by atoms with van der Waals surface area (Å²) in [6, 6.07) is 3.30.